The van der Waals surface area contributed by atoms with E-state index >= 15 is 0 Å². The topological polar surface area (TPSA) is 48.5 Å². The molecule has 0 amide bonds. The minimum absolute atomic E-state index is 0.582. The SMILES string of the molecule is c1ccc(-c2nc(-c3cc(-n4c5ccccc5c5c6ccccc6ccc54)cc4c3sc3ccccc34)nc(-n3c4ccccc4c4c5ccccc5ccc43)n2)cc1. The Hall–Kier alpha value is -7.67. The minimum atomic E-state index is 0.582. The van der Waals surface area contributed by atoms with Crippen LogP contribution in [0.4, 0.5) is 0 Å². The van der Waals surface area contributed by atoms with E-state index in [1.165, 1.54) is 53.2 Å². The number of aromatic nitrogens is 5. The molecule has 0 N–H and O–H groups in total. The molecule has 0 aliphatic rings. The number of rotatable bonds is 4. The van der Waals surface area contributed by atoms with Crippen LogP contribution in [0.2, 0.25) is 0 Å². The van der Waals surface area contributed by atoms with Gasteiger partial charge in [-0.25, -0.2) is 4.98 Å². The van der Waals surface area contributed by atoms with Gasteiger partial charge in [0, 0.05) is 58.5 Å². The molecule has 4 heterocycles. The molecule has 0 radical (unpaired) electrons. The molecular formula is C53H31N5S. The monoisotopic (exact) mass is 769 g/mol. The van der Waals surface area contributed by atoms with Crippen molar-refractivity contribution in [3.8, 4) is 34.4 Å². The van der Waals surface area contributed by atoms with Gasteiger partial charge in [0.05, 0.1) is 22.1 Å². The van der Waals surface area contributed by atoms with Crippen LogP contribution in [0.25, 0.3) is 120 Å². The molecule has 0 fully saturated rings. The third kappa shape index (κ3) is 4.75. The number of hydrogen-bond donors (Lipinski definition) is 0. The number of nitrogens with zero attached hydrogens (tertiary/aromatic N) is 5. The molecule has 4 aromatic heterocycles. The van der Waals surface area contributed by atoms with Crippen LogP contribution < -0.4 is 0 Å². The summed E-state index contributed by atoms with van der Waals surface area (Å²) < 4.78 is 7.01. The molecule has 13 rings (SSSR count). The molecule has 0 saturated carbocycles. The molecule has 0 saturated heterocycles. The van der Waals surface area contributed by atoms with Crippen LogP contribution in [-0.4, -0.2) is 24.1 Å². The van der Waals surface area contributed by atoms with Crippen LogP contribution in [0, 0.1) is 0 Å². The van der Waals surface area contributed by atoms with Gasteiger partial charge in [0.25, 0.3) is 0 Å². The van der Waals surface area contributed by atoms with E-state index in [-0.39, 0.29) is 0 Å². The maximum atomic E-state index is 5.50. The quantitative estimate of drug-likeness (QED) is 0.179. The molecule has 5 nitrogen and oxygen atoms in total. The number of fused-ring (bicyclic) bond motifs is 13. The van der Waals surface area contributed by atoms with Crippen molar-refractivity contribution in [2.75, 3.05) is 0 Å². The molecule has 0 atom stereocenters. The molecule has 0 aliphatic carbocycles. The zero-order chi connectivity index (χ0) is 38.6. The lowest BCUT2D eigenvalue weighted by Crippen LogP contribution is -2.06. The highest BCUT2D eigenvalue weighted by atomic mass is 32.1. The number of para-hydroxylation sites is 2. The number of thiophene rings is 1. The predicted molar refractivity (Wildman–Crippen MR) is 247 cm³/mol. The Kier molecular flexibility index (Phi) is 6.82. The summed E-state index contributed by atoms with van der Waals surface area (Å²) in [5.41, 5.74) is 7.38. The molecule has 274 valence electrons. The van der Waals surface area contributed by atoms with Gasteiger partial charge in [-0.3, -0.25) is 4.57 Å². The van der Waals surface area contributed by atoms with Crippen molar-refractivity contribution in [2.45, 2.75) is 0 Å². The minimum Gasteiger partial charge on any atom is -0.309 e. The Morgan fingerprint density at radius 1 is 0.373 bits per heavy atom. The average Bonchev–Trinajstić information content (AvgIpc) is 3.97. The van der Waals surface area contributed by atoms with Crippen LogP contribution in [0.5, 0.6) is 0 Å². The lowest BCUT2D eigenvalue weighted by molar-refractivity contribution is 0.954. The molecule has 6 heteroatoms. The second kappa shape index (κ2) is 12.4. The van der Waals surface area contributed by atoms with Crippen molar-refractivity contribution >= 4 is 96.7 Å². The van der Waals surface area contributed by atoms with Gasteiger partial charge in [0.1, 0.15) is 0 Å². The fourth-order valence-electron chi connectivity index (χ4n) is 9.38. The van der Waals surface area contributed by atoms with E-state index in [2.05, 4.69) is 179 Å². The van der Waals surface area contributed by atoms with Gasteiger partial charge in [0.15, 0.2) is 11.6 Å². The molecule has 13 aromatic rings. The van der Waals surface area contributed by atoms with E-state index in [9.17, 15) is 0 Å². The van der Waals surface area contributed by atoms with E-state index in [1.54, 1.807) is 11.3 Å². The zero-order valence-corrected chi connectivity index (χ0v) is 32.4. The summed E-state index contributed by atoms with van der Waals surface area (Å²) in [5.74, 6) is 1.84. The van der Waals surface area contributed by atoms with Crippen molar-refractivity contribution in [1.29, 1.82) is 0 Å². The average molecular weight is 770 g/mol. The van der Waals surface area contributed by atoms with Crippen LogP contribution in [-0.2, 0) is 0 Å². The maximum absolute atomic E-state index is 5.50. The fraction of sp³-hybridized carbons (Fsp3) is 0. The van der Waals surface area contributed by atoms with Gasteiger partial charge in [-0.05, 0) is 64.0 Å². The van der Waals surface area contributed by atoms with E-state index in [1.807, 2.05) is 18.2 Å². The van der Waals surface area contributed by atoms with Crippen molar-refractivity contribution < 1.29 is 0 Å². The number of hydrogen-bond acceptors (Lipinski definition) is 4. The molecule has 9 aromatic carbocycles. The Bertz CT molecular complexity index is 3860. The van der Waals surface area contributed by atoms with Gasteiger partial charge in [0.2, 0.25) is 5.95 Å². The Morgan fingerprint density at radius 3 is 1.61 bits per heavy atom. The standard InChI is InChI=1S/C53H31N5S/c1-2-16-34(17-3-1)51-54-52(56-53(55-51)58-44-24-12-9-22-40(44)49-37-19-7-5-15-33(37)27-29-46(49)58)42-31-35(30-41-38-20-10-13-25-47(38)59-50(41)42)57-43-23-11-8-21-39(43)48-36-18-6-4-14-32(36)26-28-45(48)57/h1-31H. The summed E-state index contributed by atoms with van der Waals surface area (Å²) in [4.78, 5) is 16.2. The van der Waals surface area contributed by atoms with Crippen LogP contribution >= 0.6 is 11.3 Å². The molecule has 0 spiro atoms. The summed E-state index contributed by atoms with van der Waals surface area (Å²) in [6, 6.07) is 67.2. The molecular weight excluding hydrogens is 739 g/mol. The lowest BCUT2D eigenvalue weighted by Gasteiger charge is -2.14. The summed E-state index contributed by atoms with van der Waals surface area (Å²) in [6.07, 6.45) is 0. The first-order valence-electron chi connectivity index (χ1n) is 19.9. The van der Waals surface area contributed by atoms with E-state index in [4.69, 9.17) is 15.0 Å². The van der Waals surface area contributed by atoms with Crippen molar-refractivity contribution in [1.82, 2.24) is 24.1 Å². The second-order valence-corrected chi connectivity index (χ2v) is 16.2. The van der Waals surface area contributed by atoms with Crippen LogP contribution in [0.15, 0.2) is 188 Å². The van der Waals surface area contributed by atoms with Gasteiger partial charge in [-0.15, -0.1) is 11.3 Å². The third-order valence-corrected chi connectivity index (χ3v) is 13.2. The zero-order valence-electron chi connectivity index (χ0n) is 31.5. The smallest absolute Gasteiger partial charge is 0.238 e. The summed E-state index contributed by atoms with van der Waals surface area (Å²) in [6.45, 7) is 0. The highest BCUT2D eigenvalue weighted by Gasteiger charge is 2.23. The largest absolute Gasteiger partial charge is 0.309 e. The first-order chi connectivity index (χ1) is 29.3. The van der Waals surface area contributed by atoms with E-state index in [0.717, 1.165) is 49.0 Å². The van der Waals surface area contributed by atoms with E-state index < -0.39 is 0 Å². The summed E-state index contributed by atoms with van der Waals surface area (Å²) in [5, 5.41) is 12.1. The first kappa shape index (κ1) is 32.4. The highest BCUT2D eigenvalue weighted by molar-refractivity contribution is 7.26. The van der Waals surface area contributed by atoms with Gasteiger partial charge in [-0.2, -0.15) is 9.97 Å². The van der Waals surface area contributed by atoms with Gasteiger partial charge >= 0.3 is 0 Å². The van der Waals surface area contributed by atoms with Crippen LogP contribution in [0.3, 0.4) is 0 Å². The Morgan fingerprint density at radius 2 is 0.915 bits per heavy atom. The third-order valence-electron chi connectivity index (χ3n) is 11.9. The Balaban J connectivity index is 1.15. The first-order valence-corrected chi connectivity index (χ1v) is 20.7. The van der Waals surface area contributed by atoms with Crippen molar-refractivity contribution in [2.24, 2.45) is 0 Å². The number of benzene rings is 9. The molecule has 59 heavy (non-hydrogen) atoms. The fourth-order valence-corrected chi connectivity index (χ4v) is 10.6. The second-order valence-electron chi connectivity index (χ2n) is 15.2. The lowest BCUT2D eigenvalue weighted by atomic mass is 10.0. The predicted octanol–water partition coefficient (Wildman–Crippen LogP) is 14.1. The van der Waals surface area contributed by atoms with Crippen molar-refractivity contribution in [3.05, 3.63) is 188 Å². The molecule has 0 unspecified atom stereocenters. The molecule has 0 aliphatic heterocycles. The van der Waals surface area contributed by atoms with Gasteiger partial charge < -0.3 is 4.57 Å². The summed E-state index contributed by atoms with van der Waals surface area (Å²) in [7, 11) is 0. The van der Waals surface area contributed by atoms with Gasteiger partial charge in [-0.1, -0.05) is 146 Å². The van der Waals surface area contributed by atoms with Crippen LogP contribution in [0.1, 0.15) is 0 Å². The normalized spacial score (nSPS) is 12.1. The maximum Gasteiger partial charge on any atom is 0.238 e. The summed E-state index contributed by atoms with van der Waals surface area (Å²) >= 11 is 1.79. The highest BCUT2D eigenvalue weighted by Crippen LogP contribution is 2.44. The van der Waals surface area contributed by atoms with Crippen molar-refractivity contribution in [3.63, 3.8) is 0 Å². The van der Waals surface area contributed by atoms with E-state index in [0.29, 0.717) is 17.6 Å². The molecule has 0 bridgehead atoms. The Labute approximate surface area is 341 Å².